The number of carbonyl (C=O) groups is 2. The summed E-state index contributed by atoms with van der Waals surface area (Å²) in [6.07, 6.45) is -0.221. The lowest BCUT2D eigenvalue weighted by atomic mass is 10.2. The fraction of sp³-hybridized carbons (Fsp3) is 0.733. The number of rotatable bonds is 15. The van der Waals surface area contributed by atoms with Gasteiger partial charge >= 0.3 is 11.9 Å². The van der Waals surface area contributed by atoms with E-state index in [-0.39, 0.29) is 38.4 Å². The fourth-order valence-electron chi connectivity index (χ4n) is 1.30. The van der Waals surface area contributed by atoms with Gasteiger partial charge in [-0.05, 0) is 0 Å². The van der Waals surface area contributed by atoms with Gasteiger partial charge in [0.2, 0.25) is 0 Å². The molecule has 0 N–H and O–H groups in total. The highest BCUT2D eigenvalue weighted by Crippen LogP contribution is 2.03. The SMILES string of the molecule is C=C(CC(=O)OCCOCCOC)C(=O)OCCOCCOC. The van der Waals surface area contributed by atoms with Crippen molar-refractivity contribution >= 4 is 11.9 Å². The van der Waals surface area contributed by atoms with Gasteiger partial charge in [0.15, 0.2) is 0 Å². The minimum Gasteiger partial charge on any atom is -0.463 e. The Kier molecular flexibility index (Phi) is 14.4. The molecule has 8 heteroatoms. The van der Waals surface area contributed by atoms with Crippen LogP contribution >= 0.6 is 0 Å². The first-order valence-electron chi connectivity index (χ1n) is 7.25. The van der Waals surface area contributed by atoms with Crippen LogP contribution in [0.1, 0.15) is 6.42 Å². The minimum absolute atomic E-state index is 0.0344. The molecule has 0 rings (SSSR count). The standard InChI is InChI=1S/C15H26O8/c1-13(15(17)23-11-9-21-7-5-19-3)12-14(16)22-10-8-20-6-4-18-2/h1,4-12H2,2-3H3. The first-order chi connectivity index (χ1) is 11.1. The molecule has 0 aromatic carbocycles. The Balaban J connectivity index is 3.61. The molecule has 23 heavy (non-hydrogen) atoms. The zero-order chi connectivity index (χ0) is 17.3. The lowest BCUT2D eigenvalue weighted by Crippen LogP contribution is -2.17. The van der Waals surface area contributed by atoms with E-state index in [9.17, 15) is 9.59 Å². The maximum Gasteiger partial charge on any atom is 0.334 e. The quantitative estimate of drug-likeness (QED) is 0.241. The molecule has 0 aromatic heterocycles. The number of ether oxygens (including phenoxy) is 6. The maximum atomic E-state index is 11.6. The number of hydrogen-bond donors (Lipinski definition) is 0. The van der Waals surface area contributed by atoms with Gasteiger partial charge in [0.1, 0.15) is 13.2 Å². The predicted octanol–water partition coefficient (Wildman–Crippen LogP) is 0.345. The fourth-order valence-corrected chi connectivity index (χ4v) is 1.30. The van der Waals surface area contributed by atoms with Gasteiger partial charge in [-0.25, -0.2) is 4.79 Å². The summed E-state index contributed by atoms with van der Waals surface area (Å²) < 4.78 is 29.7. The molecule has 0 aliphatic heterocycles. The molecule has 0 radical (unpaired) electrons. The minimum atomic E-state index is -0.645. The summed E-state index contributed by atoms with van der Waals surface area (Å²) in [5.74, 6) is -1.20. The van der Waals surface area contributed by atoms with Crippen molar-refractivity contribution in [1.82, 2.24) is 0 Å². The van der Waals surface area contributed by atoms with Crippen LogP contribution in [0.5, 0.6) is 0 Å². The van der Waals surface area contributed by atoms with Crippen molar-refractivity contribution < 1.29 is 38.0 Å². The van der Waals surface area contributed by atoms with E-state index in [1.807, 2.05) is 0 Å². The Morgan fingerprint density at radius 1 is 0.739 bits per heavy atom. The average molecular weight is 334 g/mol. The van der Waals surface area contributed by atoms with Crippen LogP contribution in [-0.2, 0) is 38.0 Å². The number of carbonyl (C=O) groups excluding carboxylic acids is 2. The highest BCUT2D eigenvalue weighted by Gasteiger charge is 2.14. The second kappa shape index (κ2) is 15.4. The van der Waals surface area contributed by atoms with E-state index >= 15 is 0 Å². The zero-order valence-corrected chi connectivity index (χ0v) is 13.8. The molecule has 0 atom stereocenters. The molecule has 0 unspecified atom stereocenters. The zero-order valence-electron chi connectivity index (χ0n) is 13.8. The Morgan fingerprint density at radius 2 is 1.22 bits per heavy atom. The van der Waals surface area contributed by atoms with Crippen molar-refractivity contribution in [2.24, 2.45) is 0 Å². The second-order valence-electron chi connectivity index (χ2n) is 4.35. The first kappa shape index (κ1) is 21.5. The van der Waals surface area contributed by atoms with E-state index in [2.05, 4.69) is 6.58 Å². The molecule has 0 bridgehead atoms. The van der Waals surface area contributed by atoms with Gasteiger partial charge in [0, 0.05) is 19.8 Å². The molecule has 0 amide bonds. The Hall–Kier alpha value is -1.48. The molecule has 0 saturated carbocycles. The summed E-state index contributed by atoms with van der Waals surface area (Å²) in [6, 6.07) is 0. The molecule has 0 heterocycles. The van der Waals surface area contributed by atoms with E-state index in [0.717, 1.165) is 0 Å². The van der Waals surface area contributed by atoms with Crippen molar-refractivity contribution in [1.29, 1.82) is 0 Å². The number of esters is 2. The monoisotopic (exact) mass is 334 g/mol. The second-order valence-corrected chi connectivity index (χ2v) is 4.35. The summed E-state index contributed by atoms with van der Waals surface area (Å²) in [5, 5.41) is 0. The maximum absolute atomic E-state index is 11.6. The summed E-state index contributed by atoms with van der Waals surface area (Å²) in [7, 11) is 3.14. The van der Waals surface area contributed by atoms with Gasteiger partial charge in [-0.2, -0.15) is 0 Å². The lowest BCUT2D eigenvalue weighted by molar-refractivity contribution is -0.147. The van der Waals surface area contributed by atoms with E-state index in [1.54, 1.807) is 14.2 Å². The predicted molar refractivity (Wildman–Crippen MR) is 81.1 cm³/mol. The summed E-state index contributed by atoms with van der Waals surface area (Å²) in [5.41, 5.74) is 0.0344. The number of methoxy groups -OCH3 is 2. The third-order valence-electron chi connectivity index (χ3n) is 2.46. The molecule has 8 nitrogen and oxygen atoms in total. The summed E-state index contributed by atoms with van der Waals surface area (Å²) in [6.45, 7) is 6.03. The highest BCUT2D eigenvalue weighted by molar-refractivity contribution is 5.93. The van der Waals surface area contributed by atoms with Crippen LogP contribution in [-0.4, -0.2) is 79.0 Å². The third kappa shape index (κ3) is 13.9. The van der Waals surface area contributed by atoms with Crippen molar-refractivity contribution in [2.45, 2.75) is 6.42 Å². The molecule has 0 saturated heterocycles. The highest BCUT2D eigenvalue weighted by atomic mass is 16.6. The van der Waals surface area contributed by atoms with Crippen LogP contribution in [0.15, 0.2) is 12.2 Å². The van der Waals surface area contributed by atoms with Crippen LogP contribution in [0, 0.1) is 0 Å². The van der Waals surface area contributed by atoms with E-state index < -0.39 is 11.9 Å². The van der Waals surface area contributed by atoms with Crippen molar-refractivity contribution in [3.63, 3.8) is 0 Å². The molecule has 0 aliphatic carbocycles. The Bertz CT molecular complexity index is 342. The normalized spacial score (nSPS) is 10.3. The molecular formula is C15H26O8. The van der Waals surface area contributed by atoms with Gasteiger partial charge in [0.25, 0.3) is 0 Å². The summed E-state index contributed by atoms with van der Waals surface area (Å²) in [4.78, 5) is 23.1. The summed E-state index contributed by atoms with van der Waals surface area (Å²) >= 11 is 0. The van der Waals surface area contributed by atoms with Gasteiger partial charge in [0.05, 0.1) is 46.1 Å². The van der Waals surface area contributed by atoms with Crippen LogP contribution in [0.25, 0.3) is 0 Å². The van der Waals surface area contributed by atoms with E-state index in [0.29, 0.717) is 26.4 Å². The van der Waals surface area contributed by atoms with Gasteiger partial charge in [-0.3, -0.25) is 4.79 Å². The molecule has 0 aromatic rings. The van der Waals surface area contributed by atoms with Crippen molar-refractivity contribution in [3.05, 3.63) is 12.2 Å². The van der Waals surface area contributed by atoms with E-state index in [1.165, 1.54) is 0 Å². The van der Waals surface area contributed by atoms with Crippen molar-refractivity contribution in [3.8, 4) is 0 Å². The van der Waals surface area contributed by atoms with Crippen LogP contribution in [0.3, 0.4) is 0 Å². The topological polar surface area (TPSA) is 89.5 Å². The van der Waals surface area contributed by atoms with Crippen LogP contribution in [0.4, 0.5) is 0 Å². The largest absolute Gasteiger partial charge is 0.463 e. The van der Waals surface area contributed by atoms with Crippen LogP contribution in [0.2, 0.25) is 0 Å². The Labute approximate surface area is 136 Å². The average Bonchev–Trinajstić information content (AvgIpc) is 2.53. The first-order valence-corrected chi connectivity index (χ1v) is 7.25. The van der Waals surface area contributed by atoms with Crippen LogP contribution < -0.4 is 0 Å². The van der Waals surface area contributed by atoms with Gasteiger partial charge in [-0.15, -0.1) is 0 Å². The molecular weight excluding hydrogens is 308 g/mol. The van der Waals surface area contributed by atoms with Gasteiger partial charge < -0.3 is 28.4 Å². The van der Waals surface area contributed by atoms with E-state index in [4.69, 9.17) is 28.4 Å². The molecule has 0 spiro atoms. The molecule has 0 aliphatic rings. The lowest BCUT2D eigenvalue weighted by Gasteiger charge is -2.08. The third-order valence-corrected chi connectivity index (χ3v) is 2.46. The molecule has 0 fully saturated rings. The number of hydrogen-bond acceptors (Lipinski definition) is 8. The Morgan fingerprint density at radius 3 is 1.74 bits per heavy atom. The smallest absolute Gasteiger partial charge is 0.334 e. The molecule has 134 valence electrons. The van der Waals surface area contributed by atoms with Gasteiger partial charge in [-0.1, -0.05) is 6.58 Å². The van der Waals surface area contributed by atoms with Crippen molar-refractivity contribution in [2.75, 3.05) is 67.1 Å².